The van der Waals surface area contributed by atoms with Crippen LogP contribution in [0.25, 0.3) is 0 Å². The van der Waals surface area contributed by atoms with E-state index in [1.807, 2.05) is 60.7 Å². The van der Waals surface area contributed by atoms with Crippen LogP contribution in [0.2, 0.25) is 0 Å². The minimum atomic E-state index is -0.248. The third kappa shape index (κ3) is 5.17. The van der Waals surface area contributed by atoms with Gasteiger partial charge in [-0.2, -0.15) is 0 Å². The normalized spacial score (nSPS) is 10.1. The highest BCUT2D eigenvalue weighted by molar-refractivity contribution is 5.92. The van der Waals surface area contributed by atoms with Gasteiger partial charge in [0.25, 0.3) is 5.91 Å². The molecule has 6 heteroatoms. The number of carbonyl (C=O) groups excluding carboxylic acids is 1. The number of carbonyl (C=O) groups is 1. The Bertz CT molecular complexity index is 909. The Morgan fingerprint density at radius 3 is 1.93 bits per heavy atom. The molecule has 3 aromatic rings. The molecule has 0 bridgehead atoms. The average Bonchev–Trinajstić information content (AvgIpc) is 2.74. The van der Waals surface area contributed by atoms with Crippen molar-refractivity contribution in [3.63, 3.8) is 0 Å². The zero-order chi connectivity index (χ0) is 19.8. The van der Waals surface area contributed by atoms with Gasteiger partial charge in [0.05, 0.1) is 14.2 Å². The van der Waals surface area contributed by atoms with E-state index in [-0.39, 0.29) is 12.5 Å². The Hall–Kier alpha value is -3.67. The Balaban J connectivity index is 1.52. The number of amides is 1. The van der Waals surface area contributed by atoms with Crippen LogP contribution in [-0.4, -0.2) is 26.7 Å². The Labute approximate surface area is 164 Å². The van der Waals surface area contributed by atoms with Crippen molar-refractivity contribution >= 4 is 23.0 Å². The van der Waals surface area contributed by atoms with Crippen LogP contribution in [0.5, 0.6) is 17.2 Å². The second-order valence-electron chi connectivity index (χ2n) is 5.92. The first-order valence-corrected chi connectivity index (χ1v) is 8.75. The average molecular weight is 378 g/mol. The number of hydrogen-bond acceptors (Lipinski definition) is 5. The summed E-state index contributed by atoms with van der Waals surface area (Å²) in [6.07, 6.45) is 0. The molecule has 3 rings (SSSR count). The maximum Gasteiger partial charge on any atom is 0.262 e. The number of hydrogen-bond donors (Lipinski definition) is 2. The summed E-state index contributed by atoms with van der Waals surface area (Å²) in [6.45, 7) is -0.105. The first-order chi connectivity index (χ1) is 13.7. The van der Waals surface area contributed by atoms with Gasteiger partial charge in [-0.25, -0.2) is 0 Å². The summed E-state index contributed by atoms with van der Waals surface area (Å²) in [5, 5.41) is 6.09. The summed E-state index contributed by atoms with van der Waals surface area (Å²) >= 11 is 0. The quantitative estimate of drug-likeness (QED) is 0.605. The van der Waals surface area contributed by atoms with Crippen LogP contribution < -0.4 is 24.8 Å². The SMILES string of the molecule is COc1ccc(Nc2ccc(NC(=O)COc3ccccc3OC)cc2)cc1. The first kappa shape index (κ1) is 19.1. The van der Waals surface area contributed by atoms with E-state index in [1.165, 1.54) is 0 Å². The molecule has 0 aliphatic heterocycles. The van der Waals surface area contributed by atoms with Gasteiger partial charge in [-0.05, 0) is 60.7 Å². The highest BCUT2D eigenvalue weighted by Gasteiger charge is 2.07. The van der Waals surface area contributed by atoms with E-state index in [1.54, 1.807) is 26.4 Å². The Morgan fingerprint density at radius 2 is 1.32 bits per heavy atom. The third-order valence-corrected chi connectivity index (χ3v) is 3.98. The number of rotatable bonds is 8. The van der Waals surface area contributed by atoms with E-state index in [0.29, 0.717) is 17.2 Å². The highest BCUT2D eigenvalue weighted by atomic mass is 16.5. The molecule has 0 aliphatic rings. The van der Waals surface area contributed by atoms with Gasteiger partial charge >= 0.3 is 0 Å². The van der Waals surface area contributed by atoms with Gasteiger partial charge in [0.15, 0.2) is 18.1 Å². The molecule has 144 valence electrons. The Morgan fingerprint density at radius 1 is 0.750 bits per heavy atom. The molecule has 0 spiro atoms. The maximum absolute atomic E-state index is 12.1. The summed E-state index contributed by atoms with van der Waals surface area (Å²) in [7, 11) is 3.20. The fourth-order valence-corrected chi connectivity index (χ4v) is 2.56. The summed E-state index contributed by atoms with van der Waals surface area (Å²) < 4.78 is 15.9. The van der Waals surface area contributed by atoms with Gasteiger partial charge in [0, 0.05) is 17.1 Å². The Kier molecular flexibility index (Phi) is 6.36. The van der Waals surface area contributed by atoms with Gasteiger partial charge in [0.2, 0.25) is 0 Å². The zero-order valence-corrected chi connectivity index (χ0v) is 15.8. The van der Waals surface area contributed by atoms with E-state index in [9.17, 15) is 4.79 Å². The molecular weight excluding hydrogens is 356 g/mol. The molecule has 0 saturated carbocycles. The van der Waals surface area contributed by atoms with Crippen LogP contribution in [0, 0.1) is 0 Å². The molecule has 2 N–H and O–H groups in total. The molecule has 0 fully saturated rings. The minimum Gasteiger partial charge on any atom is -0.497 e. The van der Waals surface area contributed by atoms with Crippen molar-refractivity contribution in [3.8, 4) is 17.2 Å². The van der Waals surface area contributed by atoms with Crippen LogP contribution in [0.4, 0.5) is 17.1 Å². The fourth-order valence-electron chi connectivity index (χ4n) is 2.56. The number of benzene rings is 3. The van der Waals surface area contributed by atoms with Gasteiger partial charge in [0.1, 0.15) is 5.75 Å². The molecule has 0 aliphatic carbocycles. The molecule has 6 nitrogen and oxygen atoms in total. The van der Waals surface area contributed by atoms with Crippen LogP contribution in [-0.2, 0) is 4.79 Å². The van der Waals surface area contributed by atoms with Crippen molar-refractivity contribution in [2.75, 3.05) is 31.5 Å². The van der Waals surface area contributed by atoms with Crippen LogP contribution in [0.3, 0.4) is 0 Å². The summed E-state index contributed by atoms with van der Waals surface area (Å²) in [4.78, 5) is 12.1. The maximum atomic E-state index is 12.1. The van der Waals surface area contributed by atoms with Gasteiger partial charge in [-0.3, -0.25) is 4.79 Å². The first-order valence-electron chi connectivity index (χ1n) is 8.75. The zero-order valence-electron chi connectivity index (χ0n) is 15.8. The van der Waals surface area contributed by atoms with Crippen molar-refractivity contribution in [3.05, 3.63) is 72.8 Å². The molecular formula is C22H22N2O4. The molecule has 3 aromatic carbocycles. The highest BCUT2D eigenvalue weighted by Crippen LogP contribution is 2.26. The molecule has 0 atom stereocenters. The molecule has 0 saturated heterocycles. The van der Waals surface area contributed by atoms with Crippen LogP contribution >= 0.6 is 0 Å². The third-order valence-electron chi connectivity index (χ3n) is 3.98. The largest absolute Gasteiger partial charge is 0.497 e. The summed E-state index contributed by atoms with van der Waals surface area (Å²) in [5.41, 5.74) is 2.55. The number of nitrogens with one attached hydrogen (secondary N) is 2. The monoisotopic (exact) mass is 378 g/mol. The lowest BCUT2D eigenvalue weighted by atomic mass is 10.2. The van der Waals surface area contributed by atoms with E-state index in [4.69, 9.17) is 14.2 Å². The van der Waals surface area contributed by atoms with Crippen molar-refractivity contribution in [1.82, 2.24) is 0 Å². The van der Waals surface area contributed by atoms with E-state index >= 15 is 0 Å². The summed E-state index contributed by atoms with van der Waals surface area (Å²) in [5.74, 6) is 1.67. The number of ether oxygens (including phenoxy) is 3. The van der Waals surface area contributed by atoms with Crippen LogP contribution in [0.1, 0.15) is 0 Å². The van der Waals surface area contributed by atoms with Gasteiger partial charge in [-0.15, -0.1) is 0 Å². The minimum absolute atomic E-state index is 0.105. The molecule has 1 amide bonds. The van der Waals surface area contributed by atoms with Crippen molar-refractivity contribution in [2.24, 2.45) is 0 Å². The smallest absolute Gasteiger partial charge is 0.262 e. The van der Waals surface area contributed by atoms with Gasteiger partial charge in [-0.1, -0.05) is 12.1 Å². The predicted octanol–water partition coefficient (Wildman–Crippen LogP) is 4.46. The molecule has 0 heterocycles. The molecule has 0 unspecified atom stereocenters. The number of methoxy groups -OCH3 is 2. The fraction of sp³-hybridized carbons (Fsp3) is 0.136. The second kappa shape index (κ2) is 9.32. The predicted molar refractivity (Wildman–Crippen MR) is 110 cm³/mol. The molecule has 0 aromatic heterocycles. The topological polar surface area (TPSA) is 68.8 Å². The summed E-state index contributed by atoms with van der Waals surface area (Å²) in [6, 6.07) is 22.3. The van der Waals surface area contributed by atoms with Crippen molar-refractivity contribution in [2.45, 2.75) is 0 Å². The van der Waals surface area contributed by atoms with E-state index < -0.39 is 0 Å². The second-order valence-corrected chi connectivity index (χ2v) is 5.92. The number of anilines is 3. The van der Waals surface area contributed by atoms with Crippen molar-refractivity contribution < 1.29 is 19.0 Å². The van der Waals surface area contributed by atoms with Gasteiger partial charge < -0.3 is 24.8 Å². The van der Waals surface area contributed by atoms with E-state index in [0.717, 1.165) is 17.1 Å². The molecule has 28 heavy (non-hydrogen) atoms. The van der Waals surface area contributed by atoms with Crippen molar-refractivity contribution in [1.29, 1.82) is 0 Å². The standard InChI is InChI=1S/C22H22N2O4/c1-26-19-13-11-17(12-14-19)23-16-7-9-18(10-8-16)24-22(25)15-28-21-6-4-3-5-20(21)27-2/h3-14,23H,15H2,1-2H3,(H,24,25). The molecule has 0 radical (unpaired) electrons. The van der Waals surface area contributed by atoms with E-state index in [2.05, 4.69) is 10.6 Å². The van der Waals surface area contributed by atoms with Crippen LogP contribution in [0.15, 0.2) is 72.8 Å². The lowest BCUT2D eigenvalue weighted by Gasteiger charge is -2.11. The lowest BCUT2D eigenvalue weighted by molar-refractivity contribution is -0.118. The lowest BCUT2D eigenvalue weighted by Crippen LogP contribution is -2.20. The number of para-hydroxylation sites is 2.